The van der Waals surface area contributed by atoms with Gasteiger partial charge in [0.15, 0.2) is 0 Å². The number of nitrogens with zero attached hydrogens (tertiary/aromatic N) is 2. The van der Waals surface area contributed by atoms with Gasteiger partial charge in [0.2, 0.25) is 0 Å². The van der Waals surface area contributed by atoms with Gasteiger partial charge in [-0.25, -0.2) is 0 Å². The van der Waals surface area contributed by atoms with Gasteiger partial charge in [0.25, 0.3) is 0 Å². The first-order valence-electron chi connectivity index (χ1n) is 6.55. The molecule has 4 heteroatoms. The Kier molecular flexibility index (Phi) is 5.15. The van der Waals surface area contributed by atoms with Gasteiger partial charge in [0, 0.05) is 28.5 Å². The van der Waals surface area contributed by atoms with Gasteiger partial charge in [0.1, 0.15) is 6.04 Å². The van der Waals surface area contributed by atoms with E-state index in [1.807, 2.05) is 6.07 Å². The highest BCUT2D eigenvalue weighted by Gasteiger charge is 2.18. The van der Waals surface area contributed by atoms with Crippen molar-refractivity contribution in [3.63, 3.8) is 0 Å². The lowest BCUT2D eigenvalue weighted by molar-refractivity contribution is 0.436. The highest BCUT2D eigenvalue weighted by atomic mass is 79.9. The van der Waals surface area contributed by atoms with E-state index >= 15 is 0 Å². The van der Waals surface area contributed by atoms with Crippen LogP contribution in [0.15, 0.2) is 22.9 Å². The van der Waals surface area contributed by atoms with Gasteiger partial charge in [-0.3, -0.25) is 10.3 Å². The quantitative estimate of drug-likeness (QED) is 0.866. The monoisotopic (exact) mass is 307 g/mol. The largest absolute Gasteiger partial charge is 0.295 e. The van der Waals surface area contributed by atoms with Crippen molar-refractivity contribution in [2.45, 2.75) is 50.6 Å². The molecule has 0 radical (unpaired) electrons. The van der Waals surface area contributed by atoms with Crippen LogP contribution < -0.4 is 5.32 Å². The molecule has 1 unspecified atom stereocenters. The Hall–Kier alpha value is -0.920. The molecule has 0 aliphatic heterocycles. The molecule has 2 rings (SSSR count). The summed E-state index contributed by atoms with van der Waals surface area (Å²) in [6.45, 7) is 0. The summed E-state index contributed by atoms with van der Waals surface area (Å²) in [4.78, 5) is 4.13. The van der Waals surface area contributed by atoms with Gasteiger partial charge in [-0.1, -0.05) is 25.7 Å². The number of pyridine rings is 1. The number of hydrogen-bond donors (Lipinski definition) is 1. The molecule has 1 aliphatic carbocycles. The van der Waals surface area contributed by atoms with Crippen molar-refractivity contribution in [2.75, 3.05) is 0 Å². The summed E-state index contributed by atoms with van der Waals surface area (Å²) < 4.78 is 0.919. The maximum atomic E-state index is 9.32. The summed E-state index contributed by atoms with van der Waals surface area (Å²) in [5.41, 5.74) is 0.941. The van der Waals surface area contributed by atoms with Crippen LogP contribution in [0.1, 0.15) is 50.1 Å². The number of nitriles is 1. The first-order chi connectivity index (χ1) is 8.79. The summed E-state index contributed by atoms with van der Waals surface area (Å²) in [5.74, 6) is 0. The molecule has 1 N–H and O–H groups in total. The second kappa shape index (κ2) is 6.86. The minimum atomic E-state index is -0.252. The highest BCUT2D eigenvalue weighted by molar-refractivity contribution is 9.10. The Bertz CT molecular complexity index is 419. The van der Waals surface area contributed by atoms with Crippen molar-refractivity contribution in [3.8, 4) is 6.07 Å². The number of nitrogens with one attached hydrogen (secondary N) is 1. The van der Waals surface area contributed by atoms with E-state index in [2.05, 4.69) is 32.3 Å². The Balaban J connectivity index is 2.02. The molecule has 1 saturated carbocycles. The van der Waals surface area contributed by atoms with E-state index < -0.39 is 0 Å². The minimum absolute atomic E-state index is 0.252. The van der Waals surface area contributed by atoms with Gasteiger partial charge < -0.3 is 0 Å². The molecule has 0 bridgehead atoms. The Labute approximate surface area is 117 Å². The minimum Gasteiger partial charge on any atom is -0.295 e. The van der Waals surface area contributed by atoms with Crippen molar-refractivity contribution in [3.05, 3.63) is 28.5 Å². The highest BCUT2D eigenvalue weighted by Crippen LogP contribution is 2.22. The van der Waals surface area contributed by atoms with Crippen LogP contribution in [0, 0.1) is 11.3 Å². The summed E-state index contributed by atoms with van der Waals surface area (Å²) in [6, 6.07) is 4.52. The molecule has 0 saturated heterocycles. The van der Waals surface area contributed by atoms with Crippen LogP contribution in [-0.4, -0.2) is 11.0 Å². The summed E-state index contributed by atoms with van der Waals surface area (Å²) in [7, 11) is 0. The normalized spacial score (nSPS) is 18.9. The van der Waals surface area contributed by atoms with Gasteiger partial charge in [-0.05, 0) is 34.8 Å². The third kappa shape index (κ3) is 3.79. The van der Waals surface area contributed by atoms with Crippen LogP contribution in [0.25, 0.3) is 0 Å². The van der Waals surface area contributed by atoms with E-state index in [1.54, 1.807) is 12.4 Å². The van der Waals surface area contributed by atoms with Gasteiger partial charge in [0.05, 0.1) is 6.07 Å². The predicted octanol–water partition coefficient (Wildman–Crippen LogP) is 3.72. The molecule has 18 heavy (non-hydrogen) atoms. The Morgan fingerprint density at radius 3 is 2.61 bits per heavy atom. The second-order valence-electron chi connectivity index (χ2n) is 4.85. The van der Waals surface area contributed by atoms with Crippen LogP contribution in [0.2, 0.25) is 0 Å². The maximum absolute atomic E-state index is 9.32. The first-order valence-corrected chi connectivity index (χ1v) is 7.35. The lowest BCUT2D eigenvalue weighted by atomic mass is 10.1. The molecule has 1 heterocycles. The zero-order chi connectivity index (χ0) is 12.8. The summed E-state index contributed by atoms with van der Waals surface area (Å²) >= 11 is 3.40. The van der Waals surface area contributed by atoms with Crippen molar-refractivity contribution in [2.24, 2.45) is 0 Å². The molecule has 1 aromatic heterocycles. The average molecular weight is 308 g/mol. The lowest BCUT2D eigenvalue weighted by Crippen LogP contribution is -2.31. The standard InChI is InChI=1S/C14H18BrN3/c15-12-7-11(9-17-10-12)14(8-16)18-13-5-3-1-2-4-6-13/h7,9-10,13-14,18H,1-6H2. The van der Waals surface area contributed by atoms with Crippen LogP contribution in [0.5, 0.6) is 0 Å². The molecule has 1 aliphatic rings. The molecule has 0 amide bonds. The lowest BCUT2D eigenvalue weighted by Gasteiger charge is -2.20. The fraction of sp³-hybridized carbons (Fsp3) is 0.571. The maximum Gasteiger partial charge on any atom is 0.123 e. The number of rotatable bonds is 3. The Morgan fingerprint density at radius 1 is 1.28 bits per heavy atom. The molecule has 1 atom stereocenters. The van der Waals surface area contributed by atoms with Gasteiger partial charge in [-0.15, -0.1) is 0 Å². The number of aromatic nitrogens is 1. The van der Waals surface area contributed by atoms with Crippen LogP contribution >= 0.6 is 15.9 Å². The van der Waals surface area contributed by atoms with Crippen molar-refractivity contribution in [1.82, 2.24) is 10.3 Å². The molecule has 1 aromatic rings. The number of halogens is 1. The van der Waals surface area contributed by atoms with Crippen LogP contribution in [0.3, 0.4) is 0 Å². The molecule has 0 aromatic carbocycles. The average Bonchev–Trinajstić information content (AvgIpc) is 2.64. The summed E-state index contributed by atoms with van der Waals surface area (Å²) in [6.07, 6.45) is 11.1. The fourth-order valence-corrected chi connectivity index (χ4v) is 2.86. The SMILES string of the molecule is N#CC(NC1CCCCCC1)c1cncc(Br)c1. The van der Waals surface area contributed by atoms with Crippen molar-refractivity contribution >= 4 is 15.9 Å². The van der Waals surface area contributed by atoms with E-state index in [4.69, 9.17) is 0 Å². The topological polar surface area (TPSA) is 48.7 Å². The molecule has 3 nitrogen and oxygen atoms in total. The van der Waals surface area contributed by atoms with E-state index in [-0.39, 0.29) is 6.04 Å². The Morgan fingerprint density at radius 2 is 2.00 bits per heavy atom. The number of hydrogen-bond acceptors (Lipinski definition) is 3. The van der Waals surface area contributed by atoms with Crippen LogP contribution in [0.4, 0.5) is 0 Å². The molecular formula is C14H18BrN3. The smallest absolute Gasteiger partial charge is 0.123 e. The third-order valence-electron chi connectivity index (χ3n) is 3.45. The van der Waals surface area contributed by atoms with E-state index in [0.717, 1.165) is 10.0 Å². The van der Waals surface area contributed by atoms with E-state index in [9.17, 15) is 5.26 Å². The van der Waals surface area contributed by atoms with Gasteiger partial charge in [-0.2, -0.15) is 5.26 Å². The van der Waals surface area contributed by atoms with Crippen molar-refractivity contribution in [1.29, 1.82) is 5.26 Å². The van der Waals surface area contributed by atoms with E-state index in [1.165, 1.54) is 38.5 Å². The molecular weight excluding hydrogens is 290 g/mol. The zero-order valence-electron chi connectivity index (χ0n) is 10.4. The van der Waals surface area contributed by atoms with Gasteiger partial charge >= 0.3 is 0 Å². The molecule has 0 spiro atoms. The zero-order valence-corrected chi connectivity index (χ0v) is 12.0. The first kappa shape index (κ1) is 13.5. The van der Waals surface area contributed by atoms with Crippen molar-refractivity contribution < 1.29 is 0 Å². The third-order valence-corrected chi connectivity index (χ3v) is 3.88. The second-order valence-corrected chi connectivity index (χ2v) is 5.77. The summed E-state index contributed by atoms with van der Waals surface area (Å²) in [5, 5.41) is 12.8. The molecule has 96 valence electrons. The predicted molar refractivity (Wildman–Crippen MR) is 74.9 cm³/mol. The fourth-order valence-electron chi connectivity index (χ4n) is 2.48. The molecule has 1 fully saturated rings. The van der Waals surface area contributed by atoms with Crippen LogP contribution in [-0.2, 0) is 0 Å². The van der Waals surface area contributed by atoms with E-state index in [0.29, 0.717) is 6.04 Å².